The third kappa shape index (κ3) is 3.29. The summed E-state index contributed by atoms with van der Waals surface area (Å²) in [6.07, 6.45) is 1.53. The van der Waals surface area contributed by atoms with E-state index in [0.717, 1.165) is 5.69 Å². The van der Waals surface area contributed by atoms with Crippen molar-refractivity contribution >= 4 is 11.8 Å². The number of carboxylic acid groups (broad SMARTS) is 1. The van der Waals surface area contributed by atoms with Gasteiger partial charge in [-0.05, 0) is 19.1 Å². The smallest absolute Gasteiger partial charge is 0.325 e. The monoisotopic (exact) mass is 272 g/mol. The number of nitriles is 1. The lowest BCUT2D eigenvalue weighted by molar-refractivity contribution is -0.137. The fourth-order valence-electron chi connectivity index (χ4n) is 1.59. The quantitative estimate of drug-likeness (QED) is 0.816. The van der Waals surface area contributed by atoms with E-state index in [9.17, 15) is 4.79 Å². The molecule has 0 aliphatic rings. The number of hydrogen-bond acceptors (Lipinski definition) is 6. The fourth-order valence-corrected chi connectivity index (χ4v) is 1.59. The van der Waals surface area contributed by atoms with Crippen molar-refractivity contribution in [1.82, 2.24) is 20.0 Å². The number of aromatic nitrogens is 4. The van der Waals surface area contributed by atoms with Crippen molar-refractivity contribution in [3.8, 4) is 6.07 Å². The van der Waals surface area contributed by atoms with Crippen LogP contribution in [-0.2, 0) is 17.9 Å². The van der Waals surface area contributed by atoms with E-state index in [2.05, 4.69) is 20.6 Å². The maximum absolute atomic E-state index is 10.5. The first-order valence-corrected chi connectivity index (χ1v) is 5.81. The first kappa shape index (κ1) is 13.5. The first-order chi connectivity index (χ1) is 9.58. The second kappa shape index (κ2) is 5.79. The molecule has 20 heavy (non-hydrogen) atoms. The second-order valence-electron chi connectivity index (χ2n) is 4.12. The Morgan fingerprint density at radius 3 is 3.05 bits per heavy atom. The summed E-state index contributed by atoms with van der Waals surface area (Å²) < 4.78 is 1.23. The molecular weight excluding hydrogens is 260 g/mol. The highest BCUT2D eigenvalue weighted by Gasteiger charge is 2.07. The zero-order chi connectivity index (χ0) is 14.5. The Morgan fingerprint density at radius 1 is 1.55 bits per heavy atom. The van der Waals surface area contributed by atoms with Gasteiger partial charge < -0.3 is 10.4 Å². The average molecular weight is 272 g/mol. The van der Waals surface area contributed by atoms with Crippen molar-refractivity contribution in [1.29, 1.82) is 5.26 Å². The number of pyridine rings is 1. The Morgan fingerprint density at radius 2 is 2.35 bits per heavy atom. The lowest BCUT2D eigenvalue weighted by Crippen LogP contribution is -2.09. The van der Waals surface area contributed by atoms with Gasteiger partial charge >= 0.3 is 5.97 Å². The van der Waals surface area contributed by atoms with Gasteiger partial charge in [0.1, 0.15) is 24.1 Å². The highest BCUT2D eigenvalue weighted by molar-refractivity contribution is 5.66. The number of rotatable bonds is 5. The summed E-state index contributed by atoms with van der Waals surface area (Å²) in [5.74, 6) is -0.512. The number of hydrogen-bond donors (Lipinski definition) is 2. The topological polar surface area (TPSA) is 117 Å². The van der Waals surface area contributed by atoms with Gasteiger partial charge in [0.15, 0.2) is 0 Å². The molecule has 102 valence electrons. The highest BCUT2D eigenvalue weighted by atomic mass is 16.4. The number of nitrogens with zero attached hydrogens (tertiary/aromatic N) is 5. The Bertz CT molecular complexity index is 673. The van der Waals surface area contributed by atoms with E-state index in [4.69, 9.17) is 10.4 Å². The molecule has 0 atom stereocenters. The van der Waals surface area contributed by atoms with Crippen LogP contribution in [0.4, 0.5) is 5.82 Å². The molecule has 0 spiro atoms. The zero-order valence-electron chi connectivity index (χ0n) is 10.7. The van der Waals surface area contributed by atoms with Gasteiger partial charge in [0.25, 0.3) is 0 Å². The van der Waals surface area contributed by atoms with E-state index in [0.29, 0.717) is 23.6 Å². The maximum Gasteiger partial charge on any atom is 0.325 e. The lowest BCUT2D eigenvalue weighted by Gasteiger charge is -2.05. The van der Waals surface area contributed by atoms with E-state index in [-0.39, 0.29) is 6.54 Å². The molecule has 0 unspecified atom stereocenters. The normalized spacial score (nSPS) is 10.0. The average Bonchev–Trinajstić information content (AvgIpc) is 2.83. The number of carboxylic acids is 1. The van der Waals surface area contributed by atoms with E-state index in [1.165, 1.54) is 10.9 Å². The third-order valence-electron chi connectivity index (χ3n) is 2.48. The van der Waals surface area contributed by atoms with Gasteiger partial charge in [-0.1, -0.05) is 5.21 Å². The molecule has 0 aliphatic heterocycles. The van der Waals surface area contributed by atoms with Gasteiger partial charge in [-0.3, -0.25) is 4.79 Å². The summed E-state index contributed by atoms with van der Waals surface area (Å²) in [4.78, 5) is 14.8. The third-order valence-corrected chi connectivity index (χ3v) is 2.48. The van der Waals surface area contributed by atoms with Crippen LogP contribution in [0.1, 0.15) is 17.0 Å². The van der Waals surface area contributed by atoms with E-state index < -0.39 is 5.97 Å². The Labute approximate surface area is 114 Å². The van der Waals surface area contributed by atoms with Crippen LogP contribution in [0, 0.1) is 18.3 Å². The van der Waals surface area contributed by atoms with Gasteiger partial charge in [0.2, 0.25) is 0 Å². The van der Waals surface area contributed by atoms with E-state index >= 15 is 0 Å². The predicted octanol–water partition coefficient (Wildman–Crippen LogP) is 0.550. The minimum Gasteiger partial charge on any atom is -0.480 e. The molecule has 0 bridgehead atoms. The van der Waals surface area contributed by atoms with Crippen LogP contribution in [0.25, 0.3) is 0 Å². The molecule has 8 nitrogen and oxygen atoms in total. The van der Waals surface area contributed by atoms with Gasteiger partial charge in [0, 0.05) is 5.69 Å². The largest absolute Gasteiger partial charge is 0.480 e. The van der Waals surface area contributed by atoms with E-state index in [1.807, 2.05) is 13.0 Å². The van der Waals surface area contributed by atoms with Crippen LogP contribution in [-0.4, -0.2) is 31.1 Å². The van der Waals surface area contributed by atoms with Gasteiger partial charge in [-0.25, -0.2) is 9.67 Å². The molecule has 0 saturated heterocycles. The van der Waals surface area contributed by atoms with Crippen molar-refractivity contribution in [2.45, 2.75) is 20.0 Å². The summed E-state index contributed by atoms with van der Waals surface area (Å²) in [5, 5.41) is 28.1. The summed E-state index contributed by atoms with van der Waals surface area (Å²) in [6, 6.07) is 5.49. The minimum absolute atomic E-state index is 0.237. The molecule has 0 aromatic carbocycles. The molecule has 2 aromatic heterocycles. The van der Waals surface area contributed by atoms with Gasteiger partial charge in [0.05, 0.1) is 18.3 Å². The van der Waals surface area contributed by atoms with Crippen molar-refractivity contribution in [2.24, 2.45) is 0 Å². The Balaban J connectivity index is 2.05. The summed E-state index contributed by atoms with van der Waals surface area (Å²) in [5.41, 5.74) is 1.80. The van der Waals surface area contributed by atoms with Gasteiger partial charge in [-0.15, -0.1) is 5.10 Å². The standard InChI is InChI=1S/C12H12N6O2/c1-8-2-3-9(4-13)12(15-8)14-5-10-6-18(17-16-10)7-11(19)20/h2-3,6H,5,7H2,1H3,(H,14,15)(H,19,20). The zero-order valence-corrected chi connectivity index (χ0v) is 10.7. The Hall–Kier alpha value is -2.95. The van der Waals surface area contributed by atoms with Crippen molar-refractivity contribution in [3.05, 3.63) is 35.3 Å². The Kier molecular flexibility index (Phi) is 3.91. The number of aryl methyl sites for hydroxylation is 1. The van der Waals surface area contributed by atoms with Crippen LogP contribution in [0.5, 0.6) is 0 Å². The summed E-state index contributed by atoms with van der Waals surface area (Å²) >= 11 is 0. The van der Waals surface area contributed by atoms with Crippen LogP contribution >= 0.6 is 0 Å². The lowest BCUT2D eigenvalue weighted by atomic mass is 10.2. The molecule has 0 aliphatic carbocycles. The van der Waals surface area contributed by atoms with E-state index in [1.54, 1.807) is 12.1 Å². The van der Waals surface area contributed by atoms with Crippen LogP contribution in [0.2, 0.25) is 0 Å². The molecule has 2 N–H and O–H groups in total. The molecule has 2 aromatic rings. The number of anilines is 1. The molecule has 2 heterocycles. The molecule has 0 radical (unpaired) electrons. The minimum atomic E-state index is -0.985. The second-order valence-corrected chi connectivity index (χ2v) is 4.12. The first-order valence-electron chi connectivity index (χ1n) is 5.81. The van der Waals surface area contributed by atoms with Crippen LogP contribution in [0.15, 0.2) is 18.3 Å². The van der Waals surface area contributed by atoms with Gasteiger partial charge in [-0.2, -0.15) is 5.26 Å². The maximum atomic E-state index is 10.5. The predicted molar refractivity (Wildman–Crippen MR) is 68.7 cm³/mol. The van der Waals surface area contributed by atoms with Crippen molar-refractivity contribution in [2.75, 3.05) is 5.32 Å². The van der Waals surface area contributed by atoms with Crippen LogP contribution < -0.4 is 5.32 Å². The molecule has 0 amide bonds. The molecule has 0 fully saturated rings. The molecule has 0 saturated carbocycles. The number of aliphatic carboxylic acids is 1. The van der Waals surface area contributed by atoms with Crippen molar-refractivity contribution < 1.29 is 9.90 Å². The summed E-state index contributed by atoms with van der Waals surface area (Å²) in [6.45, 7) is 1.90. The van der Waals surface area contributed by atoms with Crippen molar-refractivity contribution in [3.63, 3.8) is 0 Å². The number of nitrogens with one attached hydrogen (secondary N) is 1. The molecular formula is C12H12N6O2. The summed E-state index contributed by atoms with van der Waals surface area (Å²) in [7, 11) is 0. The SMILES string of the molecule is Cc1ccc(C#N)c(NCc2cn(CC(=O)O)nn2)n1. The highest BCUT2D eigenvalue weighted by Crippen LogP contribution is 2.12. The van der Waals surface area contributed by atoms with Crippen LogP contribution in [0.3, 0.4) is 0 Å². The molecule has 2 rings (SSSR count). The number of carbonyl (C=O) groups is 1. The fraction of sp³-hybridized carbons (Fsp3) is 0.250. The molecule has 8 heteroatoms.